The minimum Gasteiger partial charge on any atom is -0.497 e. The molecule has 2 aliphatic rings. The number of hydrogen-bond acceptors (Lipinski definition) is 7. The minimum absolute atomic E-state index is 0.0715. The maximum absolute atomic E-state index is 13.5. The van der Waals surface area contributed by atoms with Crippen molar-refractivity contribution in [2.75, 3.05) is 46.6 Å². The van der Waals surface area contributed by atoms with Crippen molar-refractivity contribution in [2.45, 2.75) is 37.5 Å². The molecule has 1 aliphatic heterocycles. The Morgan fingerprint density at radius 3 is 2.94 bits per heavy atom. The van der Waals surface area contributed by atoms with E-state index in [1.807, 2.05) is 29.2 Å². The van der Waals surface area contributed by atoms with Crippen LogP contribution in [0.4, 0.5) is 0 Å². The third-order valence-corrected chi connectivity index (χ3v) is 7.25. The minimum atomic E-state index is -0.634. The fraction of sp³-hybridized carbons (Fsp3) is 0.500. The Morgan fingerprint density at radius 2 is 2.18 bits per heavy atom. The van der Waals surface area contributed by atoms with Crippen molar-refractivity contribution in [3.63, 3.8) is 0 Å². The number of ether oxygens (including phenoxy) is 3. The number of thiophene rings is 1. The molecule has 0 unspecified atom stereocenters. The summed E-state index contributed by atoms with van der Waals surface area (Å²) in [5, 5.41) is 12.5. The first kappa shape index (κ1) is 24.7. The van der Waals surface area contributed by atoms with Crippen molar-refractivity contribution in [3.8, 4) is 11.5 Å². The number of benzene rings is 1. The van der Waals surface area contributed by atoms with Crippen LogP contribution >= 0.6 is 11.3 Å². The summed E-state index contributed by atoms with van der Waals surface area (Å²) in [6.07, 6.45) is 4.01. The number of carbonyl (C=O) groups is 1. The van der Waals surface area contributed by atoms with Crippen LogP contribution in [0, 0.1) is 0 Å². The van der Waals surface area contributed by atoms with Gasteiger partial charge in [0.25, 0.3) is 0 Å². The van der Waals surface area contributed by atoms with Crippen LogP contribution in [-0.4, -0.2) is 79.5 Å². The van der Waals surface area contributed by atoms with Gasteiger partial charge in [-0.2, -0.15) is 0 Å². The van der Waals surface area contributed by atoms with E-state index in [1.54, 1.807) is 24.5 Å². The van der Waals surface area contributed by atoms with E-state index < -0.39 is 6.10 Å². The fourth-order valence-electron chi connectivity index (χ4n) is 4.40. The van der Waals surface area contributed by atoms with Crippen molar-refractivity contribution in [1.82, 2.24) is 9.80 Å². The van der Waals surface area contributed by atoms with Crippen molar-refractivity contribution in [3.05, 3.63) is 58.8 Å². The van der Waals surface area contributed by atoms with Gasteiger partial charge in [-0.1, -0.05) is 12.1 Å². The SMILES string of the molecule is C=CCOC[C@H](O)CN(CC(=O)N1CCc2sccc2[C@H]1COc1cccc(OC)c1)C1CC1. The normalized spacial score (nSPS) is 18.4. The molecule has 1 aromatic carbocycles. The Morgan fingerprint density at radius 1 is 1.35 bits per heavy atom. The molecule has 7 nitrogen and oxygen atoms in total. The van der Waals surface area contributed by atoms with Crippen molar-refractivity contribution < 1.29 is 24.1 Å². The van der Waals surface area contributed by atoms with E-state index in [9.17, 15) is 9.90 Å². The molecule has 4 rings (SSSR count). The summed E-state index contributed by atoms with van der Waals surface area (Å²) in [4.78, 5) is 18.9. The Labute approximate surface area is 205 Å². The largest absolute Gasteiger partial charge is 0.497 e. The number of fused-ring (bicyclic) bond motifs is 1. The molecule has 2 heterocycles. The molecular weight excluding hydrogens is 452 g/mol. The second-order valence-electron chi connectivity index (χ2n) is 8.78. The molecule has 184 valence electrons. The van der Waals surface area contributed by atoms with Crippen LogP contribution in [0.3, 0.4) is 0 Å². The van der Waals surface area contributed by atoms with Crippen LogP contribution < -0.4 is 9.47 Å². The molecule has 1 fully saturated rings. The molecular formula is C26H34N2O5S. The summed E-state index contributed by atoms with van der Waals surface area (Å²) >= 11 is 1.74. The number of rotatable bonds is 13. The maximum Gasteiger partial charge on any atom is 0.237 e. The fourth-order valence-corrected chi connectivity index (χ4v) is 5.33. The van der Waals surface area contributed by atoms with Gasteiger partial charge in [-0.05, 0) is 48.4 Å². The van der Waals surface area contributed by atoms with E-state index in [1.165, 1.54) is 10.4 Å². The first-order valence-electron chi connectivity index (χ1n) is 11.8. The third kappa shape index (κ3) is 6.39. The van der Waals surface area contributed by atoms with Crippen LogP contribution in [0.5, 0.6) is 11.5 Å². The van der Waals surface area contributed by atoms with Gasteiger partial charge in [0.2, 0.25) is 5.91 Å². The van der Waals surface area contributed by atoms with Gasteiger partial charge in [0.15, 0.2) is 0 Å². The second kappa shape index (κ2) is 11.8. The average Bonchev–Trinajstić information content (AvgIpc) is 3.59. The summed E-state index contributed by atoms with van der Waals surface area (Å²) in [6.45, 7) is 6.04. The third-order valence-electron chi connectivity index (χ3n) is 6.26. The molecule has 1 aliphatic carbocycles. The molecule has 8 heteroatoms. The van der Waals surface area contributed by atoms with E-state index in [4.69, 9.17) is 14.2 Å². The van der Waals surface area contributed by atoms with Gasteiger partial charge in [-0.3, -0.25) is 9.69 Å². The highest BCUT2D eigenvalue weighted by atomic mass is 32.1. The standard InChI is InChI=1S/C26H34N2O5S/c1-3-12-32-17-20(29)15-27(19-7-8-19)16-26(30)28-11-9-25-23(10-13-34-25)24(28)18-33-22-6-4-5-21(14-22)31-2/h3-6,10,13-14,19-20,24,29H,1,7-9,11-12,15-18H2,2H3/t20-,24-/m1/s1. The van der Waals surface area contributed by atoms with E-state index in [2.05, 4.69) is 22.9 Å². The Balaban J connectivity index is 1.42. The first-order chi connectivity index (χ1) is 16.6. The summed E-state index contributed by atoms with van der Waals surface area (Å²) in [7, 11) is 1.63. The number of methoxy groups -OCH3 is 1. The van der Waals surface area contributed by atoms with Crippen LogP contribution in [0.1, 0.15) is 29.3 Å². The number of aliphatic hydroxyl groups excluding tert-OH is 1. The zero-order valence-electron chi connectivity index (χ0n) is 19.7. The predicted octanol–water partition coefficient (Wildman–Crippen LogP) is 3.29. The quantitative estimate of drug-likeness (QED) is 0.346. The summed E-state index contributed by atoms with van der Waals surface area (Å²) in [5.41, 5.74) is 1.17. The molecule has 0 radical (unpaired) electrons. The molecule has 1 N–H and O–H groups in total. The van der Waals surface area contributed by atoms with Gasteiger partial charge >= 0.3 is 0 Å². The Bertz CT molecular complexity index is 960. The van der Waals surface area contributed by atoms with E-state index in [0.29, 0.717) is 32.3 Å². The lowest BCUT2D eigenvalue weighted by Crippen LogP contribution is -2.48. The smallest absolute Gasteiger partial charge is 0.237 e. The Kier molecular flexibility index (Phi) is 8.61. The van der Waals surface area contributed by atoms with E-state index >= 15 is 0 Å². The molecule has 0 bridgehead atoms. The maximum atomic E-state index is 13.5. The average molecular weight is 487 g/mol. The van der Waals surface area contributed by atoms with E-state index in [0.717, 1.165) is 30.8 Å². The topological polar surface area (TPSA) is 71.5 Å². The Hall–Kier alpha value is -2.39. The molecule has 34 heavy (non-hydrogen) atoms. The van der Waals surface area contributed by atoms with Gasteiger partial charge in [0.1, 0.15) is 18.1 Å². The first-order valence-corrected chi connectivity index (χ1v) is 12.7. The molecule has 1 saturated carbocycles. The lowest BCUT2D eigenvalue weighted by molar-refractivity contribution is -0.136. The van der Waals surface area contributed by atoms with Gasteiger partial charge < -0.3 is 24.2 Å². The van der Waals surface area contributed by atoms with Crippen molar-refractivity contribution in [1.29, 1.82) is 0 Å². The van der Waals surface area contributed by atoms with E-state index in [-0.39, 0.29) is 25.1 Å². The number of carbonyl (C=O) groups excluding carboxylic acids is 1. The highest BCUT2D eigenvalue weighted by Crippen LogP contribution is 2.35. The number of amides is 1. The zero-order valence-corrected chi connectivity index (χ0v) is 20.5. The molecule has 2 atom stereocenters. The summed E-state index contributed by atoms with van der Waals surface area (Å²) < 4.78 is 16.8. The highest BCUT2D eigenvalue weighted by molar-refractivity contribution is 7.10. The van der Waals surface area contributed by atoms with Crippen LogP contribution in [0.15, 0.2) is 48.4 Å². The van der Waals surface area contributed by atoms with Gasteiger partial charge in [-0.15, -0.1) is 17.9 Å². The predicted molar refractivity (Wildman–Crippen MR) is 133 cm³/mol. The van der Waals surface area contributed by atoms with Crippen LogP contribution in [-0.2, 0) is 16.0 Å². The summed E-state index contributed by atoms with van der Waals surface area (Å²) in [6, 6.07) is 9.85. The lowest BCUT2D eigenvalue weighted by atomic mass is 10.0. The highest BCUT2D eigenvalue weighted by Gasteiger charge is 2.36. The van der Waals surface area contributed by atoms with Crippen molar-refractivity contribution >= 4 is 17.2 Å². The number of aliphatic hydroxyl groups is 1. The van der Waals surface area contributed by atoms with Gasteiger partial charge in [0, 0.05) is 30.1 Å². The van der Waals surface area contributed by atoms with Crippen LogP contribution in [0.2, 0.25) is 0 Å². The second-order valence-corrected chi connectivity index (χ2v) is 9.78. The molecule has 0 saturated heterocycles. The van der Waals surface area contributed by atoms with Gasteiger partial charge in [0.05, 0.1) is 39.0 Å². The number of nitrogens with zero attached hydrogens (tertiary/aromatic N) is 2. The van der Waals surface area contributed by atoms with Crippen molar-refractivity contribution in [2.24, 2.45) is 0 Å². The molecule has 0 spiro atoms. The van der Waals surface area contributed by atoms with Gasteiger partial charge in [-0.25, -0.2) is 0 Å². The lowest BCUT2D eigenvalue weighted by Gasteiger charge is -2.37. The molecule has 2 aromatic rings. The van der Waals surface area contributed by atoms with Crippen LogP contribution in [0.25, 0.3) is 0 Å². The molecule has 1 aromatic heterocycles. The molecule has 1 amide bonds. The zero-order chi connectivity index (χ0) is 23.9. The monoisotopic (exact) mass is 486 g/mol. The summed E-state index contributed by atoms with van der Waals surface area (Å²) in [5.74, 6) is 1.53. The number of hydrogen-bond donors (Lipinski definition) is 1.